The van der Waals surface area contributed by atoms with Crippen molar-refractivity contribution >= 4 is 68.5 Å². The minimum absolute atomic E-state index is 0.0611. The Morgan fingerprint density at radius 2 is 1.73 bits per heavy atom. The molecule has 0 radical (unpaired) electrons. The highest BCUT2D eigenvalue weighted by Crippen LogP contribution is 2.35. The van der Waals surface area contributed by atoms with Crippen LogP contribution in [0.4, 0.5) is 0 Å². The predicted octanol–water partition coefficient (Wildman–Crippen LogP) is 5.20. The predicted molar refractivity (Wildman–Crippen MR) is 166 cm³/mol. The Bertz CT molecular complexity index is 1400. The van der Waals surface area contributed by atoms with Crippen LogP contribution in [0.5, 0.6) is 11.5 Å². The van der Waals surface area contributed by atoms with Crippen molar-refractivity contribution < 1.29 is 19.4 Å². The molecule has 0 fully saturated rings. The fourth-order valence-electron chi connectivity index (χ4n) is 3.74. The van der Waals surface area contributed by atoms with Gasteiger partial charge in [-0.2, -0.15) is 0 Å². The number of hydrogen-bond donors (Lipinski definition) is 5. The van der Waals surface area contributed by atoms with Gasteiger partial charge in [0.15, 0.2) is 5.96 Å². The van der Waals surface area contributed by atoms with E-state index >= 15 is 0 Å². The molecule has 0 aliphatic rings. The van der Waals surface area contributed by atoms with Crippen LogP contribution >= 0.6 is 50.7 Å². The van der Waals surface area contributed by atoms with E-state index in [4.69, 9.17) is 51.0 Å². The van der Waals surface area contributed by atoms with Gasteiger partial charge in [0.25, 0.3) is 5.91 Å². The van der Waals surface area contributed by atoms with E-state index in [0.717, 1.165) is 11.1 Å². The van der Waals surface area contributed by atoms with E-state index in [-0.39, 0.29) is 53.6 Å². The highest BCUT2D eigenvalue weighted by atomic mass is 79.9. The van der Waals surface area contributed by atoms with Gasteiger partial charge in [-0.15, -0.1) is 0 Å². The summed E-state index contributed by atoms with van der Waals surface area (Å²) in [5.41, 5.74) is 12.6. The van der Waals surface area contributed by atoms with Crippen molar-refractivity contribution in [2.75, 3.05) is 13.2 Å². The van der Waals surface area contributed by atoms with E-state index in [1.807, 2.05) is 0 Å². The molecule has 3 rings (SSSR count). The zero-order chi connectivity index (χ0) is 29.9. The molecule has 9 nitrogen and oxygen atoms in total. The standard InChI is InChI=1S/C28H29BrCl3N5O4/c29-25-23(38)12-18(13-24(25)41-11-9-17-5-8-20(31)14-21(17)32)26(39)37-22(2-1-10-35-28(33)34)27(40)36-15-16-3-6-19(30)7-4-16/h3-8,12-14,22,38H,1-2,9-11,15H2,(H,36,40)(H,37,39)(H4,33,34,35)/t22-/m0/s1. The summed E-state index contributed by atoms with van der Waals surface area (Å²) in [7, 11) is 0. The van der Waals surface area contributed by atoms with E-state index in [1.165, 1.54) is 12.1 Å². The Kier molecular flexibility index (Phi) is 12.4. The van der Waals surface area contributed by atoms with Crippen LogP contribution < -0.4 is 26.8 Å². The second-order valence-electron chi connectivity index (χ2n) is 8.96. The Labute approximate surface area is 261 Å². The van der Waals surface area contributed by atoms with E-state index in [9.17, 15) is 14.7 Å². The van der Waals surface area contributed by atoms with Gasteiger partial charge in [0, 0.05) is 40.1 Å². The maximum atomic E-state index is 13.2. The molecule has 3 aromatic rings. The van der Waals surface area contributed by atoms with Gasteiger partial charge >= 0.3 is 0 Å². The molecular formula is C28H29BrCl3N5O4. The van der Waals surface area contributed by atoms with Crippen molar-refractivity contribution in [1.29, 1.82) is 0 Å². The van der Waals surface area contributed by atoms with Gasteiger partial charge in [-0.1, -0.05) is 53.0 Å². The molecule has 3 aromatic carbocycles. The first kappa shape index (κ1) is 32.3. The second-order valence-corrected chi connectivity index (χ2v) is 11.0. The van der Waals surface area contributed by atoms with Crippen molar-refractivity contribution in [1.82, 2.24) is 10.6 Å². The Balaban J connectivity index is 1.69. The number of phenolic OH excluding ortho intramolecular Hbond substituents is 1. The number of nitrogens with two attached hydrogens (primary N) is 2. The number of hydrogen-bond acceptors (Lipinski definition) is 5. The minimum atomic E-state index is -0.897. The molecule has 41 heavy (non-hydrogen) atoms. The number of ether oxygens (including phenoxy) is 1. The third-order valence-corrected chi connectivity index (χ3v) is 7.51. The minimum Gasteiger partial charge on any atom is -0.507 e. The van der Waals surface area contributed by atoms with Crippen LogP contribution in [0.3, 0.4) is 0 Å². The van der Waals surface area contributed by atoms with Gasteiger partial charge in [-0.05, 0) is 76.3 Å². The van der Waals surface area contributed by atoms with Crippen LogP contribution in [-0.2, 0) is 17.8 Å². The van der Waals surface area contributed by atoms with E-state index in [2.05, 4.69) is 31.6 Å². The molecule has 0 unspecified atom stereocenters. The molecule has 0 aromatic heterocycles. The zero-order valence-electron chi connectivity index (χ0n) is 21.8. The number of amides is 2. The van der Waals surface area contributed by atoms with Crippen LogP contribution in [-0.4, -0.2) is 42.1 Å². The maximum Gasteiger partial charge on any atom is 0.252 e. The number of carbonyl (C=O) groups excluding carboxylic acids is 2. The number of rotatable bonds is 13. The van der Waals surface area contributed by atoms with Crippen LogP contribution in [0.15, 0.2) is 64.1 Å². The number of nitrogens with zero attached hydrogens (tertiary/aromatic N) is 1. The number of aliphatic imine (C=N–C) groups is 1. The summed E-state index contributed by atoms with van der Waals surface area (Å²) >= 11 is 21.4. The summed E-state index contributed by atoms with van der Waals surface area (Å²) < 4.78 is 6.13. The smallest absolute Gasteiger partial charge is 0.252 e. The molecule has 0 heterocycles. The maximum absolute atomic E-state index is 13.2. The molecule has 0 saturated carbocycles. The third-order valence-electron chi connectivity index (χ3n) is 5.87. The number of nitrogens with one attached hydrogen (secondary N) is 2. The van der Waals surface area contributed by atoms with Gasteiger partial charge in [0.2, 0.25) is 5.91 Å². The van der Waals surface area contributed by atoms with Gasteiger partial charge in [0.05, 0.1) is 6.61 Å². The lowest BCUT2D eigenvalue weighted by Crippen LogP contribution is -2.46. The van der Waals surface area contributed by atoms with Crippen LogP contribution in [0.1, 0.15) is 34.3 Å². The first-order chi connectivity index (χ1) is 19.5. The van der Waals surface area contributed by atoms with Gasteiger partial charge in [-0.3, -0.25) is 14.6 Å². The van der Waals surface area contributed by atoms with Gasteiger partial charge < -0.3 is 31.9 Å². The quantitative estimate of drug-likeness (QED) is 0.0948. The number of carbonyl (C=O) groups is 2. The fourth-order valence-corrected chi connectivity index (χ4v) is 4.72. The Morgan fingerprint density at radius 3 is 2.41 bits per heavy atom. The molecule has 1 atom stereocenters. The molecule has 0 aliphatic heterocycles. The summed E-state index contributed by atoms with van der Waals surface area (Å²) in [5.74, 6) is -0.984. The highest BCUT2D eigenvalue weighted by molar-refractivity contribution is 9.10. The molecular weight excluding hydrogens is 657 g/mol. The Morgan fingerprint density at radius 1 is 1.02 bits per heavy atom. The summed E-state index contributed by atoms with van der Waals surface area (Å²) in [6.45, 7) is 0.740. The van der Waals surface area contributed by atoms with Crippen molar-refractivity contribution in [3.8, 4) is 11.5 Å². The van der Waals surface area contributed by atoms with Gasteiger partial charge in [-0.25, -0.2) is 0 Å². The first-order valence-electron chi connectivity index (χ1n) is 12.5. The lowest BCUT2D eigenvalue weighted by atomic mass is 10.1. The number of phenols is 1. The average Bonchev–Trinajstić information content (AvgIpc) is 2.93. The topological polar surface area (TPSA) is 152 Å². The zero-order valence-corrected chi connectivity index (χ0v) is 25.7. The number of halogens is 4. The summed E-state index contributed by atoms with van der Waals surface area (Å²) in [6, 6.07) is 14.1. The number of aromatic hydroxyl groups is 1. The highest BCUT2D eigenvalue weighted by Gasteiger charge is 2.23. The van der Waals surface area contributed by atoms with E-state index < -0.39 is 17.9 Å². The number of guanidine groups is 1. The second kappa shape index (κ2) is 15.7. The Hall–Kier alpha value is -3.18. The lowest BCUT2D eigenvalue weighted by Gasteiger charge is -2.19. The van der Waals surface area contributed by atoms with Crippen LogP contribution in [0, 0.1) is 0 Å². The molecule has 7 N–H and O–H groups in total. The van der Waals surface area contributed by atoms with E-state index in [1.54, 1.807) is 42.5 Å². The summed E-state index contributed by atoms with van der Waals surface area (Å²) in [6.07, 6.45) is 1.17. The lowest BCUT2D eigenvalue weighted by molar-refractivity contribution is -0.123. The normalized spacial score (nSPS) is 11.4. The average molecular weight is 686 g/mol. The first-order valence-corrected chi connectivity index (χ1v) is 14.4. The van der Waals surface area contributed by atoms with Crippen LogP contribution in [0.25, 0.3) is 0 Å². The van der Waals surface area contributed by atoms with Crippen molar-refractivity contribution in [2.24, 2.45) is 16.5 Å². The van der Waals surface area contributed by atoms with E-state index in [0.29, 0.717) is 27.9 Å². The molecule has 0 saturated heterocycles. The molecule has 0 spiro atoms. The summed E-state index contributed by atoms with van der Waals surface area (Å²) in [4.78, 5) is 30.2. The largest absolute Gasteiger partial charge is 0.507 e. The van der Waals surface area contributed by atoms with Crippen molar-refractivity contribution in [3.05, 3.63) is 90.8 Å². The molecule has 13 heteroatoms. The van der Waals surface area contributed by atoms with Crippen molar-refractivity contribution in [2.45, 2.75) is 31.8 Å². The summed E-state index contributed by atoms with van der Waals surface area (Å²) in [5, 5.41) is 17.6. The van der Waals surface area contributed by atoms with Crippen molar-refractivity contribution in [3.63, 3.8) is 0 Å². The number of benzene rings is 3. The molecule has 0 bridgehead atoms. The third kappa shape index (κ3) is 10.3. The van der Waals surface area contributed by atoms with Crippen LogP contribution in [0.2, 0.25) is 15.1 Å². The molecule has 218 valence electrons. The fraction of sp³-hybridized carbons (Fsp3) is 0.250. The molecule has 0 aliphatic carbocycles. The monoisotopic (exact) mass is 683 g/mol. The molecule has 2 amide bonds. The SMILES string of the molecule is NC(N)=NCCC[C@H](NC(=O)c1cc(O)c(Br)c(OCCc2ccc(Cl)cc2Cl)c1)C(=O)NCc1ccc(Cl)cc1. The van der Waals surface area contributed by atoms with Gasteiger partial charge in [0.1, 0.15) is 22.0 Å².